The van der Waals surface area contributed by atoms with Crippen LogP contribution in [0, 0.1) is 5.82 Å². The van der Waals surface area contributed by atoms with Crippen LogP contribution < -0.4 is 16.0 Å². The van der Waals surface area contributed by atoms with Crippen LogP contribution in [0.1, 0.15) is 30.0 Å². The molecule has 0 saturated heterocycles. The maximum atomic E-state index is 14.1. The van der Waals surface area contributed by atoms with Crippen molar-refractivity contribution in [3.05, 3.63) is 63.9 Å². The van der Waals surface area contributed by atoms with Crippen molar-refractivity contribution < 1.29 is 9.13 Å². The van der Waals surface area contributed by atoms with Crippen LogP contribution >= 0.6 is 15.9 Å². The Kier molecular flexibility index (Phi) is 4.24. The van der Waals surface area contributed by atoms with E-state index >= 15 is 0 Å². The first-order valence-electron chi connectivity index (χ1n) is 6.85. The maximum absolute atomic E-state index is 14.1. The average Bonchev–Trinajstić information content (AvgIpc) is 3.26. The third-order valence-electron chi connectivity index (χ3n) is 3.46. The van der Waals surface area contributed by atoms with Crippen molar-refractivity contribution in [2.24, 2.45) is 5.84 Å². The summed E-state index contributed by atoms with van der Waals surface area (Å²) in [6.45, 7) is 0. The Balaban J connectivity index is 1.91. The lowest BCUT2D eigenvalue weighted by Gasteiger charge is -2.18. The second kappa shape index (κ2) is 6.13. The number of rotatable bonds is 5. The lowest BCUT2D eigenvalue weighted by molar-refractivity contribution is 0.302. The molecule has 1 unspecified atom stereocenters. The second-order valence-electron chi connectivity index (χ2n) is 5.16. The molecule has 0 amide bonds. The van der Waals surface area contributed by atoms with E-state index in [-0.39, 0.29) is 5.82 Å². The topological polar surface area (TPSA) is 47.3 Å². The summed E-state index contributed by atoms with van der Waals surface area (Å²) >= 11 is 3.26. The Morgan fingerprint density at radius 3 is 2.71 bits per heavy atom. The van der Waals surface area contributed by atoms with Gasteiger partial charge in [0.25, 0.3) is 0 Å². The summed E-state index contributed by atoms with van der Waals surface area (Å²) in [6, 6.07) is 12.2. The summed E-state index contributed by atoms with van der Waals surface area (Å²) < 4.78 is 20.6. The molecule has 0 aromatic heterocycles. The quantitative estimate of drug-likeness (QED) is 0.638. The van der Waals surface area contributed by atoms with Crippen LogP contribution in [0.4, 0.5) is 4.39 Å². The van der Waals surface area contributed by atoms with Crippen LogP contribution in [0.25, 0.3) is 0 Å². The highest BCUT2D eigenvalue weighted by atomic mass is 79.9. The van der Waals surface area contributed by atoms with Gasteiger partial charge in [-0.15, -0.1) is 0 Å². The van der Waals surface area contributed by atoms with Gasteiger partial charge in [0.1, 0.15) is 11.6 Å². The smallest absolute Gasteiger partial charge is 0.129 e. The molecule has 5 heteroatoms. The van der Waals surface area contributed by atoms with Gasteiger partial charge < -0.3 is 4.74 Å². The highest BCUT2D eigenvalue weighted by molar-refractivity contribution is 9.10. The first-order valence-corrected chi connectivity index (χ1v) is 7.64. The molecule has 1 saturated carbocycles. The van der Waals surface area contributed by atoms with Gasteiger partial charge in [-0.3, -0.25) is 5.84 Å². The Morgan fingerprint density at radius 1 is 1.24 bits per heavy atom. The van der Waals surface area contributed by atoms with E-state index in [4.69, 9.17) is 10.6 Å². The van der Waals surface area contributed by atoms with E-state index in [0.717, 1.165) is 24.2 Å². The van der Waals surface area contributed by atoms with Gasteiger partial charge in [-0.05, 0) is 42.7 Å². The summed E-state index contributed by atoms with van der Waals surface area (Å²) in [6.07, 6.45) is 2.53. The molecule has 1 aliphatic rings. The van der Waals surface area contributed by atoms with Gasteiger partial charge in [-0.25, -0.2) is 9.82 Å². The van der Waals surface area contributed by atoms with E-state index in [2.05, 4.69) is 21.4 Å². The molecule has 0 heterocycles. The summed E-state index contributed by atoms with van der Waals surface area (Å²) in [5, 5.41) is 0. The Hall–Kier alpha value is -1.43. The van der Waals surface area contributed by atoms with Gasteiger partial charge >= 0.3 is 0 Å². The molecule has 0 aliphatic heterocycles. The molecule has 3 nitrogen and oxygen atoms in total. The van der Waals surface area contributed by atoms with Crippen molar-refractivity contribution >= 4 is 15.9 Å². The molecule has 1 aliphatic carbocycles. The van der Waals surface area contributed by atoms with Crippen molar-refractivity contribution in [3.63, 3.8) is 0 Å². The van der Waals surface area contributed by atoms with Crippen LogP contribution in [0.15, 0.2) is 46.9 Å². The first-order chi connectivity index (χ1) is 10.2. The summed E-state index contributed by atoms with van der Waals surface area (Å²) in [5.41, 5.74) is 4.06. The minimum atomic E-state index is -0.416. The van der Waals surface area contributed by atoms with E-state index in [1.807, 2.05) is 24.3 Å². The zero-order valence-corrected chi connectivity index (χ0v) is 12.9. The maximum Gasteiger partial charge on any atom is 0.129 e. The molecule has 0 bridgehead atoms. The molecule has 21 heavy (non-hydrogen) atoms. The van der Waals surface area contributed by atoms with Gasteiger partial charge in [0.2, 0.25) is 0 Å². The Bertz CT molecular complexity index is 646. The van der Waals surface area contributed by atoms with Gasteiger partial charge in [0.15, 0.2) is 0 Å². The van der Waals surface area contributed by atoms with Crippen molar-refractivity contribution in [2.45, 2.75) is 25.0 Å². The molecule has 1 fully saturated rings. The molecule has 0 radical (unpaired) electrons. The minimum absolute atomic E-state index is 0.305. The third kappa shape index (κ3) is 3.43. The van der Waals surface area contributed by atoms with Gasteiger partial charge in [0, 0.05) is 10.0 Å². The van der Waals surface area contributed by atoms with E-state index < -0.39 is 6.04 Å². The van der Waals surface area contributed by atoms with Crippen LogP contribution in [-0.2, 0) is 0 Å². The number of hydrazine groups is 1. The predicted octanol–water partition coefficient (Wildman–Crippen LogP) is 3.68. The number of nitrogens with two attached hydrogens (primary N) is 1. The third-order valence-corrected chi connectivity index (χ3v) is 3.95. The molecule has 110 valence electrons. The number of benzene rings is 2. The Morgan fingerprint density at radius 2 is 2.05 bits per heavy atom. The number of ether oxygens (including phenoxy) is 1. The number of hydrogen-bond donors (Lipinski definition) is 2. The monoisotopic (exact) mass is 350 g/mol. The molecule has 2 aromatic rings. The van der Waals surface area contributed by atoms with Crippen LogP contribution in [0.2, 0.25) is 0 Å². The summed E-state index contributed by atoms with van der Waals surface area (Å²) in [7, 11) is 0. The fourth-order valence-electron chi connectivity index (χ4n) is 2.25. The second-order valence-corrected chi connectivity index (χ2v) is 6.07. The molecular formula is C16H16BrFN2O. The molecule has 2 aromatic carbocycles. The largest absolute Gasteiger partial charge is 0.490 e. The number of halogens is 2. The molecule has 0 spiro atoms. The van der Waals surface area contributed by atoms with E-state index in [1.54, 1.807) is 12.1 Å². The average molecular weight is 351 g/mol. The van der Waals surface area contributed by atoms with Gasteiger partial charge in [-0.1, -0.05) is 34.1 Å². The Labute approximate surface area is 131 Å². The lowest BCUT2D eigenvalue weighted by atomic mass is 9.98. The van der Waals surface area contributed by atoms with Crippen LogP contribution in [0.5, 0.6) is 5.75 Å². The SMILES string of the molecule is NNC(c1cccc(OC2CC2)c1)c1ccc(Br)cc1F. The zero-order chi connectivity index (χ0) is 14.8. The van der Waals surface area contributed by atoms with Gasteiger partial charge in [0.05, 0.1) is 12.1 Å². The predicted molar refractivity (Wildman–Crippen MR) is 83.4 cm³/mol. The molecule has 3 N–H and O–H groups in total. The summed E-state index contributed by atoms with van der Waals surface area (Å²) in [4.78, 5) is 0. The van der Waals surface area contributed by atoms with Crippen molar-refractivity contribution in [2.75, 3.05) is 0 Å². The van der Waals surface area contributed by atoms with E-state index in [0.29, 0.717) is 16.1 Å². The van der Waals surface area contributed by atoms with E-state index in [1.165, 1.54) is 6.07 Å². The van der Waals surface area contributed by atoms with Crippen LogP contribution in [0.3, 0.4) is 0 Å². The van der Waals surface area contributed by atoms with Gasteiger partial charge in [-0.2, -0.15) is 0 Å². The standard InChI is InChI=1S/C16H16BrFN2O/c17-11-4-7-14(15(18)9-11)16(20-19)10-2-1-3-13(8-10)21-12-5-6-12/h1-4,7-9,12,16,20H,5-6,19H2. The minimum Gasteiger partial charge on any atom is -0.490 e. The number of hydrogen-bond acceptors (Lipinski definition) is 3. The normalized spacial score (nSPS) is 15.8. The number of nitrogens with one attached hydrogen (secondary N) is 1. The van der Waals surface area contributed by atoms with Crippen molar-refractivity contribution in [1.29, 1.82) is 0 Å². The fraction of sp³-hybridized carbons (Fsp3) is 0.250. The highest BCUT2D eigenvalue weighted by Crippen LogP contribution is 2.31. The van der Waals surface area contributed by atoms with Crippen molar-refractivity contribution in [3.8, 4) is 5.75 Å². The lowest BCUT2D eigenvalue weighted by Crippen LogP contribution is -2.29. The molecule has 1 atom stereocenters. The van der Waals surface area contributed by atoms with Crippen molar-refractivity contribution in [1.82, 2.24) is 5.43 Å². The zero-order valence-electron chi connectivity index (χ0n) is 11.4. The molecule has 3 rings (SSSR count). The summed E-state index contributed by atoms with van der Waals surface area (Å²) in [5.74, 6) is 6.13. The first kappa shape index (κ1) is 14.5. The highest BCUT2D eigenvalue weighted by Gasteiger charge is 2.24. The van der Waals surface area contributed by atoms with Crippen LogP contribution in [-0.4, -0.2) is 6.10 Å². The van der Waals surface area contributed by atoms with E-state index in [9.17, 15) is 4.39 Å². The molecular weight excluding hydrogens is 335 g/mol. The fourth-order valence-corrected chi connectivity index (χ4v) is 2.58.